The van der Waals surface area contributed by atoms with Crippen LogP contribution in [0, 0.1) is 5.92 Å². The second-order valence-electron chi connectivity index (χ2n) is 5.07. The highest BCUT2D eigenvalue weighted by Gasteiger charge is 2.25. The number of likely N-dealkylation sites (tertiary alicyclic amines) is 1. The maximum absolute atomic E-state index is 11.7. The van der Waals surface area contributed by atoms with Gasteiger partial charge in [-0.3, -0.25) is 4.79 Å². The summed E-state index contributed by atoms with van der Waals surface area (Å²) in [5.74, 6) is -0.525. The molecule has 2 amide bonds. The Kier molecular flexibility index (Phi) is 7.25. The van der Waals surface area contributed by atoms with Crippen molar-refractivity contribution in [1.29, 1.82) is 0 Å². The first-order valence-corrected chi connectivity index (χ1v) is 6.99. The predicted octanol–water partition coefficient (Wildman–Crippen LogP) is 1.05. The Morgan fingerprint density at radius 3 is 2.58 bits per heavy atom. The zero-order valence-electron chi connectivity index (χ0n) is 11.3. The second kappa shape index (κ2) is 8.74. The SMILES string of the molecule is O=C(O)CCCCCCNC(=O)N1CCC(CO)C1. The van der Waals surface area contributed by atoms with E-state index in [0.717, 1.165) is 32.2 Å². The molecule has 1 saturated heterocycles. The summed E-state index contributed by atoms with van der Waals surface area (Å²) in [7, 11) is 0. The predicted molar refractivity (Wildman–Crippen MR) is 70.9 cm³/mol. The van der Waals surface area contributed by atoms with E-state index in [2.05, 4.69) is 5.32 Å². The van der Waals surface area contributed by atoms with Gasteiger partial charge in [-0.1, -0.05) is 12.8 Å². The number of hydrogen-bond acceptors (Lipinski definition) is 3. The number of carbonyl (C=O) groups is 2. The summed E-state index contributed by atoms with van der Waals surface area (Å²) >= 11 is 0. The summed E-state index contributed by atoms with van der Waals surface area (Å²) in [5, 5.41) is 20.3. The Labute approximate surface area is 113 Å². The lowest BCUT2D eigenvalue weighted by atomic mass is 10.1. The fourth-order valence-corrected chi connectivity index (χ4v) is 2.23. The van der Waals surface area contributed by atoms with Crippen LogP contribution in [0.3, 0.4) is 0 Å². The number of aliphatic hydroxyl groups excluding tert-OH is 1. The quantitative estimate of drug-likeness (QED) is 0.576. The first kappa shape index (κ1) is 15.8. The van der Waals surface area contributed by atoms with Crippen LogP contribution < -0.4 is 5.32 Å². The van der Waals surface area contributed by atoms with Gasteiger partial charge in [0.1, 0.15) is 0 Å². The second-order valence-corrected chi connectivity index (χ2v) is 5.07. The number of carbonyl (C=O) groups excluding carboxylic acids is 1. The van der Waals surface area contributed by atoms with Crippen molar-refractivity contribution < 1.29 is 19.8 Å². The van der Waals surface area contributed by atoms with Gasteiger partial charge in [0.2, 0.25) is 0 Å². The van der Waals surface area contributed by atoms with Crippen LogP contribution in [-0.2, 0) is 4.79 Å². The maximum atomic E-state index is 11.7. The smallest absolute Gasteiger partial charge is 0.317 e. The van der Waals surface area contributed by atoms with Crippen molar-refractivity contribution in [2.24, 2.45) is 5.92 Å². The van der Waals surface area contributed by atoms with Gasteiger partial charge in [0.05, 0.1) is 0 Å². The number of unbranched alkanes of at least 4 members (excludes halogenated alkanes) is 3. The molecule has 0 spiro atoms. The van der Waals surface area contributed by atoms with Crippen molar-refractivity contribution in [3.8, 4) is 0 Å². The first-order valence-electron chi connectivity index (χ1n) is 6.99. The zero-order chi connectivity index (χ0) is 14.1. The standard InChI is InChI=1S/C13H24N2O4/c16-10-11-6-8-15(9-11)13(19)14-7-4-2-1-3-5-12(17)18/h11,16H,1-10H2,(H,14,19)(H,17,18). The van der Waals surface area contributed by atoms with Gasteiger partial charge in [-0.05, 0) is 19.3 Å². The minimum atomic E-state index is -0.749. The maximum Gasteiger partial charge on any atom is 0.317 e. The van der Waals surface area contributed by atoms with Crippen LogP contribution in [0.2, 0.25) is 0 Å². The van der Waals surface area contributed by atoms with E-state index in [1.165, 1.54) is 0 Å². The zero-order valence-corrected chi connectivity index (χ0v) is 11.3. The molecule has 19 heavy (non-hydrogen) atoms. The van der Waals surface area contributed by atoms with E-state index in [-0.39, 0.29) is 25.0 Å². The van der Waals surface area contributed by atoms with Gasteiger partial charge in [-0.15, -0.1) is 0 Å². The lowest BCUT2D eigenvalue weighted by Crippen LogP contribution is -2.39. The Bertz CT molecular complexity index is 296. The number of carboxylic acid groups (broad SMARTS) is 1. The number of aliphatic hydroxyl groups is 1. The average molecular weight is 272 g/mol. The molecule has 0 aliphatic carbocycles. The van der Waals surface area contributed by atoms with Gasteiger partial charge in [-0.25, -0.2) is 4.79 Å². The van der Waals surface area contributed by atoms with Crippen molar-refractivity contribution in [3.05, 3.63) is 0 Å². The average Bonchev–Trinajstić information content (AvgIpc) is 2.85. The van der Waals surface area contributed by atoms with Crippen LogP contribution in [0.1, 0.15) is 38.5 Å². The highest BCUT2D eigenvalue weighted by molar-refractivity contribution is 5.74. The number of rotatable bonds is 8. The molecule has 1 unspecified atom stereocenters. The summed E-state index contributed by atoms with van der Waals surface area (Å²) in [5.41, 5.74) is 0. The molecule has 0 saturated carbocycles. The van der Waals surface area contributed by atoms with Gasteiger partial charge >= 0.3 is 12.0 Å². The van der Waals surface area contributed by atoms with Crippen LogP contribution in [-0.4, -0.2) is 53.4 Å². The third-order valence-corrected chi connectivity index (χ3v) is 3.42. The van der Waals surface area contributed by atoms with Crippen LogP contribution >= 0.6 is 0 Å². The summed E-state index contributed by atoms with van der Waals surface area (Å²) in [6.45, 7) is 2.14. The molecular formula is C13H24N2O4. The molecule has 6 heteroatoms. The van der Waals surface area contributed by atoms with Crippen molar-refractivity contribution in [3.63, 3.8) is 0 Å². The summed E-state index contributed by atoms with van der Waals surface area (Å²) in [4.78, 5) is 23.8. The lowest BCUT2D eigenvalue weighted by Gasteiger charge is -2.16. The molecule has 1 aliphatic rings. The number of nitrogens with one attached hydrogen (secondary N) is 1. The molecular weight excluding hydrogens is 248 g/mol. The van der Waals surface area contributed by atoms with Crippen molar-refractivity contribution >= 4 is 12.0 Å². The minimum Gasteiger partial charge on any atom is -0.481 e. The summed E-state index contributed by atoms with van der Waals surface area (Å²) < 4.78 is 0. The van der Waals surface area contributed by atoms with E-state index >= 15 is 0 Å². The largest absolute Gasteiger partial charge is 0.481 e. The number of nitrogens with zero attached hydrogens (tertiary/aromatic N) is 1. The van der Waals surface area contributed by atoms with Crippen LogP contribution in [0.5, 0.6) is 0 Å². The Morgan fingerprint density at radius 2 is 1.95 bits per heavy atom. The molecule has 3 N–H and O–H groups in total. The summed E-state index contributed by atoms with van der Waals surface area (Å²) in [6.07, 6.45) is 4.50. The Hall–Kier alpha value is -1.30. The molecule has 0 aromatic rings. The first-order chi connectivity index (χ1) is 9.13. The highest BCUT2D eigenvalue weighted by Crippen LogP contribution is 2.15. The number of aliphatic carboxylic acids is 1. The molecule has 1 atom stereocenters. The molecule has 1 fully saturated rings. The van der Waals surface area contributed by atoms with Crippen molar-refractivity contribution in [2.45, 2.75) is 38.5 Å². The molecule has 0 aromatic carbocycles. The van der Waals surface area contributed by atoms with Gasteiger partial charge in [0.25, 0.3) is 0 Å². The van der Waals surface area contributed by atoms with E-state index in [4.69, 9.17) is 10.2 Å². The van der Waals surface area contributed by atoms with E-state index in [1.54, 1.807) is 4.90 Å². The molecule has 0 bridgehead atoms. The normalized spacial score (nSPS) is 18.6. The number of urea groups is 1. The van der Waals surface area contributed by atoms with Gasteiger partial charge in [0.15, 0.2) is 0 Å². The Balaban J connectivity index is 1.97. The molecule has 110 valence electrons. The third-order valence-electron chi connectivity index (χ3n) is 3.42. The van der Waals surface area contributed by atoms with E-state index in [1.807, 2.05) is 0 Å². The van der Waals surface area contributed by atoms with Crippen molar-refractivity contribution in [1.82, 2.24) is 10.2 Å². The number of hydrogen-bond donors (Lipinski definition) is 3. The number of amides is 2. The van der Waals surface area contributed by atoms with Crippen molar-refractivity contribution in [2.75, 3.05) is 26.2 Å². The van der Waals surface area contributed by atoms with Crippen LogP contribution in [0.4, 0.5) is 4.79 Å². The van der Waals surface area contributed by atoms with Gasteiger partial charge < -0.3 is 20.4 Å². The van der Waals surface area contributed by atoms with Crippen LogP contribution in [0.25, 0.3) is 0 Å². The van der Waals surface area contributed by atoms with Crippen LogP contribution in [0.15, 0.2) is 0 Å². The highest BCUT2D eigenvalue weighted by atomic mass is 16.4. The van der Waals surface area contributed by atoms with Gasteiger partial charge in [0, 0.05) is 38.6 Å². The lowest BCUT2D eigenvalue weighted by molar-refractivity contribution is -0.137. The molecule has 1 aliphatic heterocycles. The third kappa shape index (κ3) is 6.42. The molecule has 1 rings (SSSR count). The number of carboxylic acids is 1. The molecule has 0 radical (unpaired) electrons. The topological polar surface area (TPSA) is 89.9 Å². The summed E-state index contributed by atoms with van der Waals surface area (Å²) in [6, 6.07) is -0.0542. The van der Waals surface area contributed by atoms with E-state index in [0.29, 0.717) is 19.5 Å². The fourth-order valence-electron chi connectivity index (χ4n) is 2.23. The minimum absolute atomic E-state index is 0.0542. The van der Waals surface area contributed by atoms with Gasteiger partial charge in [-0.2, -0.15) is 0 Å². The molecule has 1 heterocycles. The Morgan fingerprint density at radius 1 is 1.21 bits per heavy atom. The molecule has 0 aromatic heterocycles. The fraction of sp³-hybridized carbons (Fsp3) is 0.846. The van der Waals surface area contributed by atoms with E-state index in [9.17, 15) is 9.59 Å². The van der Waals surface area contributed by atoms with E-state index < -0.39 is 5.97 Å². The molecule has 6 nitrogen and oxygen atoms in total. The monoisotopic (exact) mass is 272 g/mol.